The molecular weight excluding hydrogens is 454 g/mol. The predicted molar refractivity (Wildman–Crippen MR) is 115 cm³/mol. The zero-order valence-corrected chi connectivity index (χ0v) is 18.8. The summed E-state index contributed by atoms with van der Waals surface area (Å²) in [6.45, 7) is 2.03. The van der Waals surface area contributed by atoms with Gasteiger partial charge in [-0.3, -0.25) is 4.79 Å². The molecule has 34 heavy (non-hydrogen) atoms. The highest BCUT2D eigenvalue weighted by molar-refractivity contribution is 5.82. The molecule has 1 amide bonds. The third kappa shape index (κ3) is 5.05. The summed E-state index contributed by atoms with van der Waals surface area (Å²) in [6, 6.07) is 4.48. The molecule has 186 valence electrons. The number of carbonyl (C=O) groups is 2. The van der Waals surface area contributed by atoms with Gasteiger partial charge >= 0.3 is 17.4 Å². The second-order valence-corrected chi connectivity index (χ2v) is 8.07. The summed E-state index contributed by atoms with van der Waals surface area (Å²) in [5.74, 6) is -3.96. The van der Waals surface area contributed by atoms with Crippen molar-refractivity contribution < 1.29 is 48.6 Å². The molecule has 12 nitrogen and oxygen atoms in total. The average Bonchev–Trinajstić information content (AvgIpc) is 2.78. The van der Waals surface area contributed by atoms with Crippen LogP contribution in [-0.4, -0.2) is 82.3 Å². The van der Waals surface area contributed by atoms with Crippen LogP contribution in [0.4, 0.5) is 0 Å². The lowest BCUT2D eigenvalue weighted by Crippen LogP contribution is -2.68. The van der Waals surface area contributed by atoms with E-state index in [0.29, 0.717) is 10.9 Å². The second-order valence-electron chi connectivity index (χ2n) is 8.07. The number of fused-ring (bicyclic) bond motifs is 1. The molecule has 1 unspecified atom stereocenters. The van der Waals surface area contributed by atoms with Crippen LogP contribution in [0.3, 0.4) is 0 Å². The molecule has 1 aromatic heterocycles. The van der Waals surface area contributed by atoms with Crippen LogP contribution in [-0.2, 0) is 19.1 Å². The number of amides is 1. The molecule has 0 radical (unpaired) electrons. The van der Waals surface area contributed by atoms with E-state index in [4.69, 9.17) is 18.6 Å². The quantitative estimate of drug-likeness (QED) is 0.234. The van der Waals surface area contributed by atoms with Crippen molar-refractivity contribution in [3.63, 3.8) is 0 Å². The minimum Gasteiger partial charge on any atom is -0.464 e. The zero-order valence-electron chi connectivity index (χ0n) is 18.8. The first kappa shape index (κ1) is 25.6. The zero-order chi connectivity index (χ0) is 25.2. The molecule has 2 aromatic rings. The summed E-state index contributed by atoms with van der Waals surface area (Å²) >= 11 is 0. The lowest BCUT2D eigenvalue weighted by Gasteiger charge is -2.46. The normalized spacial score (nSPS) is 26.5. The summed E-state index contributed by atoms with van der Waals surface area (Å²) < 4.78 is 21.6. The molecule has 0 bridgehead atoms. The molecule has 2 heterocycles. The van der Waals surface area contributed by atoms with Crippen molar-refractivity contribution >= 4 is 22.8 Å². The monoisotopic (exact) mass is 481 g/mol. The maximum Gasteiger partial charge on any atom is 0.379 e. The van der Waals surface area contributed by atoms with Gasteiger partial charge in [-0.25, -0.2) is 9.59 Å². The number of ether oxygens (including phenoxy) is 3. The van der Waals surface area contributed by atoms with Crippen LogP contribution < -0.4 is 15.7 Å². The van der Waals surface area contributed by atoms with E-state index in [-0.39, 0.29) is 11.3 Å². The van der Waals surface area contributed by atoms with Crippen LogP contribution >= 0.6 is 0 Å². The summed E-state index contributed by atoms with van der Waals surface area (Å²) in [4.78, 5) is 36.2. The summed E-state index contributed by atoms with van der Waals surface area (Å²) in [5.41, 5.74) is 0.236. The third-order valence-electron chi connectivity index (χ3n) is 5.56. The molecule has 12 heteroatoms. The molecule has 1 aromatic carbocycles. The summed E-state index contributed by atoms with van der Waals surface area (Å²) in [7, 11) is 1.06. The number of hydrogen-bond donors (Lipinski definition) is 5. The van der Waals surface area contributed by atoms with Gasteiger partial charge in [-0.05, 0) is 24.6 Å². The van der Waals surface area contributed by atoms with Crippen molar-refractivity contribution in [1.29, 1.82) is 0 Å². The van der Waals surface area contributed by atoms with Crippen molar-refractivity contribution in [2.45, 2.75) is 56.5 Å². The first-order valence-corrected chi connectivity index (χ1v) is 10.4. The molecule has 1 fully saturated rings. The van der Waals surface area contributed by atoms with Crippen LogP contribution in [0.2, 0.25) is 0 Å². The highest BCUT2D eigenvalue weighted by Gasteiger charge is 2.57. The van der Waals surface area contributed by atoms with Gasteiger partial charge in [0, 0.05) is 24.4 Å². The van der Waals surface area contributed by atoms with Crippen LogP contribution in [0.5, 0.6) is 5.75 Å². The van der Waals surface area contributed by atoms with Gasteiger partial charge in [0.2, 0.25) is 5.91 Å². The number of nitrogens with one attached hydrogen (secondary N) is 1. The summed E-state index contributed by atoms with van der Waals surface area (Å²) in [6.07, 6.45) is -7.17. The lowest BCUT2D eigenvalue weighted by atomic mass is 9.88. The Balaban J connectivity index is 2.05. The van der Waals surface area contributed by atoms with E-state index in [9.17, 15) is 34.8 Å². The van der Waals surface area contributed by atoms with Crippen LogP contribution in [0.25, 0.3) is 11.0 Å². The van der Waals surface area contributed by atoms with E-state index in [0.717, 1.165) is 7.11 Å². The van der Waals surface area contributed by atoms with Gasteiger partial charge in [0.1, 0.15) is 29.6 Å². The van der Waals surface area contributed by atoms with Crippen LogP contribution in [0.1, 0.15) is 18.9 Å². The topological polar surface area (TPSA) is 185 Å². The van der Waals surface area contributed by atoms with Crippen molar-refractivity contribution in [3.8, 4) is 5.75 Å². The number of aliphatic hydroxyl groups is 4. The minimum absolute atomic E-state index is 0.00720. The minimum atomic E-state index is -2.32. The second kappa shape index (κ2) is 10.1. The molecule has 0 aliphatic carbocycles. The van der Waals surface area contributed by atoms with Gasteiger partial charge in [0.25, 0.3) is 0 Å². The van der Waals surface area contributed by atoms with E-state index < -0.39 is 66.8 Å². The average molecular weight is 481 g/mol. The number of rotatable bonds is 7. The van der Waals surface area contributed by atoms with Crippen molar-refractivity contribution in [1.82, 2.24) is 5.32 Å². The Morgan fingerprint density at radius 1 is 1.29 bits per heavy atom. The maximum absolute atomic E-state index is 12.8. The Labute approximate surface area is 193 Å². The number of benzene rings is 1. The van der Waals surface area contributed by atoms with Crippen molar-refractivity contribution in [2.24, 2.45) is 0 Å². The molecule has 6 atom stereocenters. The number of esters is 1. The van der Waals surface area contributed by atoms with Gasteiger partial charge in [-0.2, -0.15) is 0 Å². The Kier molecular flexibility index (Phi) is 7.58. The van der Waals surface area contributed by atoms with Gasteiger partial charge < -0.3 is 44.4 Å². The Morgan fingerprint density at radius 2 is 2.00 bits per heavy atom. The largest absolute Gasteiger partial charge is 0.464 e. The number of carbonyl (C=O) groups excluding carboxylic acids is 2. The highest BCUT2D eigenvalue weighted by Crippen LogP contribution is 2.36. The first-order valence-electron chi connectivity index (χ1n) is 10.4. The Morgan fingerprint density at radius 3 is 2.62 bits per heavy atom. The van der Waals surface area contributed by atoms with Gasteiger partial charge in [0.05, 0.1) is 32.3 Å². The summed E-state index contributed by atoms with van der Waals surface area (Å²) in [5, 5.41) is 43.6. The standard InChI is InChI=1S/C22H27NO11/c1-10-6-17(28)32-16-7-12(4-5-13(10)16)33-22(21(30)31-3)8-14(26)18(23-11(2)25)20(34-22)19(29)15(27)9-24/h4-7,14-15,18-20,24,26-27,29H,8-9H2,1-3H3,(H,23,25)/t14-,15+,18?,19+,20+,22+/m0/s1. The van der Waals surface area contributed by atoms with Crippen molar-refractivity contribution in [3.05, 3.63) is 40.2 Å². The molecule has 0 saturated carbocycles. The number of methoxy groups -OCH3 is 1. The number of hydrogen-bond acceptors (Lipinski definition) is 11. The molecule has 5 N–H and O–H groups in total. The number of aliphatic hydroxyl groups excluding tert-OH is 4. The molecule has 0 spiro atoms. The first-order chi connectivity index (χ1) is 16.0. The van der Waals surface area contributed by atoms with Gasteiger partial charge in [-0.15, -0.1) is 0 Å². The van der Waals surface area contributed by atoms with E-state index >= 15 is 0 Å². The predicted octanol–water partition coefficient (Wildman–Crippen LogP) is -1.28. The fourth-order valence-corrected chi connectivity index (χ4v) is 3.94. The maximum atomic E-state index is 12.8. The van der Waals surface area contributed by atoms with Gasteiger partial charge in [0.15, 0.2) is 0 Å². The molecule has 1 saturated heterocycles. The fraction of sp³-hybridized carbons (Fsp3) is 0.500. The van der Waals surface area contributed by atoms with E-state index in [1.54, 1.807) is 13.0 Å². The Hall–Kier alpha value is -3.03. The smallest absolute Gasteiger partial charge is 0.379 e. The molecule has 1 aliphatic rings. The van der Waals surface area contributed by atoms with Crippen molar-refractivity contribution in [2.75, 3.05) is 13.7 Å². The van der Waals surface area contributed by atoms with E-state index in [1.807, 2.05) is 0 Å². The van der Waals surface area contributed by atoms with Crippen LogP contribution in [0, 0.1) is 6.92 Å². The van der Waals surface area contributed by atoms with E-state index in [2.05, 4.69) is 5.32 Å². The fourth-order valence-electron chi connectivity index (χ4n) is 3.94. The van der Waals surface area contributed by atoms with E-state index in [1.165, 1.54) is 25.1 Å². The molecular formula is C22H27NO11. The highest BCUT2D eigenvalue weighted by atomic mass is 16.7. The lowest BCUT2D eigenvalue weighted by molar-refractivity contribution is -0.285. The Bertz CT molecular complexity index is 1120. The SMILES string of the molecule is COC(=O)[C@@]1(Oc2ccc3c(C)cc(=O)oc3c2)C[C@H](O)C(NC(C)=O)[C@H]([C@H](O)[C@H](O)CO)O1. The molecule has 3 rings (SSSR count). The number of aryl methyl sites for hydroxylation is 1. The van der Waals surface area contributed by atoms with Gasteiger partial charge in [-0.1, -0.05) is 0 Å². The molecule has 1 aliphatic heterocycles. The third-order valence-corrected chi connectivity index (χ3v) is 5.56. The van der Waals surface area contributed by atoms with Crippen LogP contribution in [0.15, 0.2) is 33.5 Å².